The van der Waals surface area contributed by atoms with Crippen LogP contribution in [0.25, 0.3) is 0 Å². The Morgan fingerprint density at radius 2 is 2.06 bits per heavy atom. The second-order valence-corrected chi connectivity index (χ2v) is 8.35. The molecule has 18 heavy (non-hydrogen) atoms. The summed E-state index contributed by atoms with van der Waals surface area (Å²) in [7, 11) is -3.40. The predicted octanol–water partition coefficient (Wildman–Crippen LogP) is 2.23. The molecule has 6 heteroatoms. The molecule has 0 fully saturated rings. The van der Waals surface area contributed by atoms with E-state index in [0.29, 0.717) is 17.3 Å². The molecule has 1 heterocycles. The number of nitrogens with one attached hydrogen (secondary N) is 1. The van der Waals surface area contributed by atoms with Crippen LogP contribution in [0.5, 0.6) is 0 Å². The van der Waals surface area contributed by atoms with Crippen LogP contribution in [0.2, 0.25) is 0 Å². The molecule has 0 aliphatic carbocycles. The van der Waals surface area contributed by atoms with Crippen molar-refractivity contribution in [1.82, 2.24) is 4.72 Å². The van der Waals surface area contributed by atoms with Crippen molar-refractivity contribution >= 4 is 21.4 Å². The fraction of sp³-hybridized carbons (Fsp3) is 0.667. The van der Waals surface area contributed by atoms with Crippen molar-refractivity contribution in [3.63, 3.8) is 0 Å². The standard InChI is InChI=1S/C12H22N2O2S2/c1-5-12(3,4)8-14-18(15,16)11-6-9(2)10(7-13)17-11/h6,14H,5,7-8,13H2,1-4H3. The van der Waals surface area contributed by atoms with Crippen LogP contribution in [0, 0.1) is 12.3 Å². The normalized spacial score (nSPS) is 12.9. The van der Waals surface area contributed by atoms with Crippen LogP contribution in [0.3, 0.4) is 0 Å². The molecule has 0 radical (unpaired) electrons. The molecule has 0 spiro atoms. The molecule has 0 bridgehead atoms. The second kappa shape index (κ2) is 5.69. The van der Waals surface area contributed by atoms with Crippen LogP contribution >= 0.6 is 11.3 Å². The fourth-order valence-electron chi connectivity index (χ4n) is 1.31. The summed E-state index contributed by atoms with van der Waals surface area (Å²) in [5.41, 5.74) is 6.48. The molecule has 1 rings (SSSR count). The van der Waals surface area contributed by atoms with E-state index in [9.17, 15) is 8.42 Å². The van der Waals surface area contributed by atoms with E-state index in [-0.39, 0.29) is 5.41 Å². The van der Waals surface area contributed by atoms with Crippen LogP contribution in [0.4, 0.5) is 0 Å². The summed E-state index contributed by atoms with van der Waals surface area (Å²) in [6.07, 6.45) is 0.924. The van der Waals surface area contributed by atoms with E-state index in [1.807, 2.05) is 20.8 Å². The zero-order valence-corrected chi connectivity index (χ0v) is 13.0. The first-order valence-corrected chi connectivity index (χ1v) is 8.31. The number of hydrogen-bond donors (Lipinski definition) is 2. The Morgan fingerprint density at radius 3 is 2.50 bits per heavy atom. The number of nitrogens with two attached hydrogens (primary N) is 1. The molecule has 0 aliphatic rings. The van der Waals surface area contributed by atoms with Gasteiger partial charge in [-0.15, -0.1) is 11.3 Å². The first-order valence-electron chi connectivity index (χ1n) is 6.01. The highest BCUT2D eigenvalue weighted by Gasteiger charge is 2.22. The van der Waals surface area contributed by atoms with Crippen LogP contribution < -0.4 is 10.5 Å². The third-order valence-corrected chi connectivity index (χ3v) is 6.28. The first-order chi connectivity index (χ1) is 8.22. The van der Waals surface area contributed by atoms with E-state index in [1.54, 1.807) is 6.07 Å². The highest BCUT2D eigenvalue weighted by Crippen LogP contribution is 2.26. The van der Waals surface area contributed by atoms with Crippen LogP contribution in [-0.2, 0) is 16.6 Å². The predicted molar refractivity (Wildman–Crippen MR) is 76.2 cm³/mol. The van der Waals surface area contributed by atoms with Gasteiger partial charge in [-0.05, 0) is 30.4 Å². The van der Waals surface area contributed by atoms with Crippen molar-refractivity contribution in [2.24, 2.45) is 11.1 Å². The van der Waals surface area contributed by atoms with Crippen molar-refractivity contribution < 1.29 is 8.42 Å². The number of thiophene rings is 1. The third-order valence-electron chi connectivity index (χ3n) is 3.15. The molecule has 0 atom stereocenters. The SMILES string of the molecule is CCC(C)(C)CNS(=O)(=O)c1cc(C)c(CN)s1. The minimum absolute atomic E-state index is 0.0317. The monoisotopic (exact) mass is 290 g/mol. The summed E-state index contributed by atoms with van der Waals surface area (Å²) in [5, 5.41) is 0. The summed E-state index contributed by atoms with van der Waals surface area (Å²) >= 11 is 1.25. The Morgan fingerprint density at radius 1 is 1.44 bits per heavy atom. The topological polar surface area (TPSA) is 72.2 Å². The number of aryl methyl sites for hydroxylation is 1. The van der Waals surface area contributed by atoms with Crippen LogP contribution in [0.15, 0.2) is 10.3 Å². The van der Waals surface area contributed by atoms with E-state index >= 15 is 0 Å². The van der Waals surface area contributed by atoms with Gasteiger partial charge in [-0.3, -0.25) is 0 Å². The van der Waals surface area contributed by atoms with Crippen molar-refractivity contribution in [2.45, 2.75) is 44.9 Å². The maximum atomic E-state index is 12.1. The lowest BCUT2D eigenvalue weighted by atomic mass is 9.91. The van der Waals surface area contributed by atoms with Gasteiger partial charge in [0.25, 0.3) is 0 Å². The average molecular weight is 290 g/mol. The fourth-order valence-corrected chi connectivity index (χ4v) is 4.06. The molecule has 0 saturated heterocycles. The Kier molecular flexibility index (Phi) is 4.94. The highest BCUT2D eigenvalue weighted by atomic mass is 32.2. The summed E-state index contributed by atoms with van der Waals surface area (Å²) < 4.78 is 27.3. The summed E-state index contributed by atoms with van der Waals surface area (Å²) in [6.45, 7) is 8.85. The van der Waals surface area contributed by atoms with E-state index < -0.39 is 10.0 Å². The minimum Gasteiger partial charge on any atom is -0.326 e. The lowest BCUT2D eigenvalue weighted by Gasteiger charge is -2.22. The van der Waals surface area contributed by atoms with Gasteiger partial charge in [0.1, 0.15) is 4.21 Å². The van der Waals surface area contributed by atoms with E-state index in [4.69, 9.17) is 5.73 Å². The smallest absolute Gasteiger partial charge is 0.250 e. The van der Waals surface area contributed by atoms with Crippen LogP contribution in [0.1, 0.15) is 37.6 Å². The maximum absolute atomic E-state index is 12.1. The maximum Gasteiger partial charge on any atom is 0.250 e. The van der Waals surface area contributed by atoms with Crippen molar-refractivity contribution in [3.05, 3.63) is 16.5 Å². The van der Waals surface area contributed by atoms with Crippen molar-refractivity contribution in [2.75, 3.05) is 6.54 Å². The molecule has 1 aromatic rings. The van der Waals surface area contributed by atoms with E-state index in [0.717, 1.165) is 16.9 Å². The third kappa shape index (κ3) is 3.78. The Bertz CT molecular complexity index is 504. The van der Waals surface area contributed by atoms with E-state index in [2.05, 4.69) is 11.6 Å². The molecular formula is C12H22N2O2S2. The van der Waals surface area contributed by atoms with Gasteiger partial charge >= 0.3 is 0 Å². The number of hydrogen-bond acceptors (Lipinski definition) is 4. The Hall–Kier alpha value is -0.430. The highest BCUT2D eigenvalue weighted by molar-refractivity contribution is 7.91. The molecule has 0 unspecified atom stereocenters. The van der Waals surface area contributed by atoms with Gasteiger partial charge in [-0.2, -0.15) is 0 Å². The second-order valence-electron chi connectivity index (χ2n) is 5.22. The van der Waals surface area contributed by atoms with Crippen LogP contribution in [-0.4, -0.2) is 15.0 Å². The Labute approximate surface area is 114 Å². The molecule has 0 amide bonds. The van der Waals surface area contributed by atoms with Gasteiger partial charge in [0.2, 0.25) is 10.0 Å². The first kappa shape index (κ1) is 15.6. The molecular weight excluding hydrogens is 268 g/mol. The molecule has 1 aromatic heterocycles. The quantitative estimate of drug-likeness (QED) is 0.844. The zero-order chi connectivity index (χ0) is 14.0. The molecule has 0 aliphatic heterocycles. The Balaban J connectivity index is 2.86. The van der Waals surface area contributed by atoms with Gasteiger partial charge in [-0.1, -0.05) is 20.8 Å². The number of rotatable bonds is 6. The molecule has 0 saturated carbocycles. The lowest BCUT2D eigenvalue weighted by Crippen LogP contribution is -2.33. The van der Waals surface area contributed by atoms with E-state index in [1.165, 1.54) is 11.3 Å². The van der Waals surface area contributed by atoms with Gasteiger partial charge < -0.3 is 5.73 Å². The molecule has 104 valence electrons. The average Bonchev–Trinajstić information content (AvgIpc) is 2.69. The largest absolute Gasteiger partial charge is 0.326 e. The summed E-state index contributed by atoms with van der Waals surface area (Å²) in [5.74, 6) is 0. The molecule has 4 nitrogen and oxygen atoms in total. The summed E-state index contributed by atoms with van der Waals surface area (Å²) in [6, 6.07) is 1.69. The molecule has 3 N–H and O–H groups in total. The minimum atomic E-state index is -3.40. The van der Waals surface area contributed by atoms with Crippen molar-refractivity contribution in [3.8, 4) is 0 Å². The van der Waals surface area contributed by atoms with Gasteiger partial charge in [0, 0.05) is 18.0 Å². The van der Waals surface area contributed by atoms with Crippen molar-refractivity contribution in [1.29, 1.82) is 0 Å². The lowest BCUT2D eigenvalue weighted by molar-refractivity contribution is 0.350. The van der Waals surface area contributed by atoms with Gasteiger partial charge in [0.15, 0.2) is 0 Å². The summed E-state index contributed by atoms with van der Waals surface area (Å²) in [4.78, 5) is 0.921. The molecule has 0 aromatic carbocycles. The number of sulfonamides is 1. The van der Waals surface area contributed by atoms with Gasteiger partial charge in [-0.25, -0.2) is 13.1 Å². The zero-order valence-electron chi connectivity index (χ0n) is 11.4. The van der Waals surface area contributed by atoms with Gasteiger partial charge in [0.05, 0.1) is 0 Å².